The predicted octanol–water partition coefficient (Wildman–Crippen LogP) is 3.92. The lowest BCUT2D eigenvalue weighted by Gasteiger charge is -2.35. The smallest absolute Gasteiger partial charge is 0.251 e. The summed E-state index contributed by atoms with van der Waals surface area (Å²) in [4.78, 5) is 15.3. The molecule has 31 heavy (non-hydrogen) atoms. The van der Waals surface area contributed by atoms with E-state index in [0.29, 0.717) is 49.3 Å². The van der Waals surface area contributed by atoms with E-state index in [4.69, 9.17) is 14.2 Å². The topological polar surface area (TPSA) is 60.0 Å². The number of carbonyl (C=O) groups is 1. The molecule has 0 aromatic heterocycles. The van der Waals surface area contributed by atoms with E-state index in [-0.39, 0.29) is 11.9 Å². The second-order valence-electron chi connectivity index (χ2n) is 8.18. The Morgan fingerprint density at radius 1 is 1.10 bits per heavy atom. The Balaban J connectivity index is 1.66. The molecule has 0 bridgehead atoms. The van der Waals surface area contributed by atoms with Crippen molar-refractivity contribution in [3.05, 3.63) is 59.7 Å². The average Bonchev–Trinajstić information content (AvgIpc) is 2.80. The molecule has 168 valence electrons. The first-order valence-corrected chi connectivity index (χ1v) is 11.0. The summed E-state index contributed by atoms with van der Waals surface area (Å²) in [5, 5.41) is 3.11. The molecule has 1 heterocycles. The number of morpholine rings is 1. The molecule has 1 unspecified atom stereocenters. The highest BCUT2D eigenvalue weighted by Gasteiger charge is 2.23. The van der Waals surface area contributed by atoms with Gasteiger partial charge in [0.05, 0.1) is 33.0 Å². The van der Waals surface area contributed by atoms with Gasteiger partial charge >= 0.3 is 0 Å². The van der Waals surface area contributed by atoms with Gasteiger partial charge in [-0.15, -0.1) is 0 Å². The maximum atomic E-state index is 12.9. The zero-order valence-electron chi connectivity index (χ0n) is 18.8. The van der Waals surface area contributed by atoms with E-state index in [0.717, 1.165) is 19.5 Å². The van der Waals surface area contributed by atoms with Crippen LogP contribution in [0.15, 0.2) is 48.5 Å². The predicted molar refractivity (Wildman–Crippen MR) is 122 cm³/mol. The SMILES string of the molecule is COc1cc(C(=O)NCC(c2ccccc2)N2CCOCC2)ccc1OCCC(C)C. The van der Waals surface area contributed by atoms with Crippen LogP contribution in [-0.2, 0) is 4.74 Å². The number of ether oxygens (including phenoxy) is 3. The Bertz CT molecular complexity index is 820. The van der Waals surface area contributed by atoms with E-state index < -0.39 is 0 Å². The summed E-state index contributed by atoms with van der Waals surface area (Å²) in [6, 6.07) is 15.7. The number of hydrogen-bond acceptors (Lipinski definition) is 5. The first-order chi connectivity index (χ1) is 15.1. The molecular weight excluding hydrogens is 392 g/mol. The monoisotopic (exact) mass is 426 g/mol. The lowest BCUT2D eigenvalue weighted by atomic mass is 10.0. The summed E-state index contributed by atoms with van der Waals surface area (Å²) < 4.78 is 16.8. The van der Waals surface area contributed by atoms with Crippen molar-refractivity contribution >= 4 is 5.91 Å². The minimum atomic E-state index is -0.124. The summed E-state index contributed by atoms with van der Waals surface area (Å²) >= 11 is 0. The molecule has 0 aliphatic carbocycles. The standard InChI is InChI=1S/C25H34N2O4/c1-19(2)11-14-31-23-10-9-21(17-24(23)29-3)25(28)26-18-22(20-7-5-4-6-8-20)27-12-15-30-16-13-27/h4-10,17,19,22H,11-16,18H2,1-3H3,(H,26,28). The van der Waals surface area contributed by atoms with Gasteiger partial charge in [-0.1, -0.05) is 44.2 Å². The van der Waals surface area contributed by atoms with Gasteiger partial charge < -0.3 is 19.5 Å². The number of hydrogen-bond donors (Lipinski definition) is 1. The summed E-state index contributed by atoms with van der Waals surface area (Å²) in [5.74, 6) is 1.68. The second-order valence-corrected chi connectivity index (χ2v) is 8.18. The number of rotatable bonds is 10. The van der Waals surface area contributed by atoms with Gasteiger partial charge in [-0.3, -0.25) is 9.69 Å². The molecule has 1 aliphatic heterocycles. The van der Waals surface area contributed by atoms with Gasteiger partial charge in [0.15, 0.2) is 11.5 Å². The van der Waals surface area contributed by atoms with E-state index in [2.05, 4.69) is 36.2 Å². The fourth-order valence-corrected chi connectivity index (χ4v) is 3.65. The van der Waals surface area contributed by atoms with Crippen molar-refractivity contribution in [2.24, 2.45) is 5.92 Å². The van der Waals surface area contributed by atoms with Gasteiger partial charge in [-0.05, 0) is 36.1 Å². The van der Waals surface area contributed by atoms with E-state index in [1.807, 2.05) is 24.3 Å². The van der Waals surface area contributed by atoms with Crippen molar-refractivity contribution in [3.8, 4) is 11.5 Å². The molecule has 6 heteroatoms. The van der Waals surface area contributed by atoms with E-state index in [9.17, 15) is 4.79 Å². The Morgan fingerprint density at radius 3 is 2.52 bits per heavy atom. The van der Waals surface area contributed by atoms with Crippen LogP contribution in [0.4, 0.5) is 0 Å². The number of carbonyl (C=O) groups excluding carboxylic acids is 1. The Labute approximate surface area is 185 Å². The molecule has 0 radical (unpaired) electrons. The Kier molecular flexibility index (Phi) is 8.74. The molecule has 0 spiro atoms. The fourth-order valence-electron chi connectivity index (χ4n) is 3.65. The molecule has 1 saturated heterocycles. The average molecular weight is 427 g/mol. The first-order valence-electron chi connectivity index (χ1n) is 11.0. The number of methoxy groups -OCH3 is 1. The molecule has 6 nitrogen and oxygen atoms in total. The van der Waals surface area contributed by atoms with Crippen LogP contribution in [0.1, 0.15) is 42.2 Å². The summed E-state index contributed by atoms with van der Waals surface area (Å²) in [7, 11) is 1.59. The molecule has 1 atom stereocenters. The quantitative estimate of drug-likeness (QED) is 0.624. The molecule has 2 aromatic carbocycles. The van der Waals surface area contributed by atoms with Gasteiger partial charge in [0.25, 0.3) is 5.91 Å². The highest BCUT2D eigenvalue weighted by Crippen LogP contribution is 2.28. The zero-order chi connectivity index (χ0) is 22.1. The normalized spacial score (nSPS) is 15.5. The van der Waals surface area contributed by atoms with Crippen LogP contribution < -0.4 is 14.8 Å². The maximum Gasteiger partial charge on any atom is 0.251 e. The fraction of sp³-hybridized carbons (Fsp3) is 0.480. The van der Waals surface area contributed by atoms with Gasteiger partial charge in [-0.25, -0.2) is 0 Å². The Hall–Kier alpha value is -2.57. The third-order valence-electron chi connectivity index (χ3n) is 5.51. The first kappa shape index (κ1) is 23.1. The van der Waals surface area contributed by atoms with Crippen LogP contribution in [0.2, 0.25) is 0 Å². The van der Waals surface area contributed by atoms with E-state index >= 15 is 0 Å². The van der Waals surface area contributed by atoms with Crippen molar-refractivity contribution < 1.29 is 19.0 Å². The van der Waals surface area contributed by atoms with Crippen molar-refractivity contribution in [1.82, 2.24) is 10.2 Å². The maximum absolute atomic E-state index is 12.9. The third-order valence-corrected chi connectivity index (χ3v) is 5.51. The summed E-state index contributed by atoms with van der Waals surface area (Å²) in [6.45, 7) is 8.60. The van der Waals surface area contributed by atoms with Crippen molar-refractivity contribution in [2.75, 3.05) is 46.6 Å². The van der Waals surface area contributed by atoms with Crippen molar-refractivity contribution in [1.29, 1.82) is 0 Å². The summed E-state index contributed by atoms with van der Waals surface area (Å²) in [5.41, 5.74) is 1.75. The van der Waals surface area contributed by atoms with Crippen molar-refractivity contribution in [2.45, 2.75) is 26.3 Å². The summed E-state index contributed by atoms with van der Waals surface area (Å²) in [6.07, 6.45) is 0.966. The number of amides is 1. The third kappa shape index (κ3) is 6.71. The van der Waals surface area contributed by atoms with Crippen LogP contribution in [0, 0.1) is 5.92 Å². The van der Waals surface area contributed by atoms with Crippen LogP contribution >= 0.6 is 0 Å². The van der Waals surface area contributed by atoms with E-state index in [1.165, 1.54) is 5.56 Å². The highest BCUT2D eigenvalue weighted by atomic mass is 16.5. The highest BCUT2D eigenvalue weighted by molar-refractivity contribution is 5.94. The van der Waals surface area contributed by atoms with Crippen LogP contribution in [-0.4, -0.2) is 57.4 Å². The lowest BCUT2D eigenvalue weighted by molar-refractivity contribution is 0.0162. The largest absolute Gasteiger partial charge is 0.493 e. The minimum Gasteiger partial charge on any atom is -0.493 e. The molecule has 1 aliphatic rings. The zero-order valence-corrected chi connectivity index (χ0v) is 18.8. The minimum absolute atomic E-state index is 0.106. The molecule has 0 saturated carbocycles. The molecule has 1 N–H and O–H groups in total. The number of nitrogens with zero attached hydrogens (tertiary/aromatic N) is 1. The van der Waals surface area contributed by atoms with Crippen LogP contribution in [0.5, 0.6) is 11.5 Å². The lowest BCUT2D eigenvalue weighted by Crippen LogP contribution is -2.43. The number of benzene rings is 2. The molecule has 3 rings (SSSR count). The molecule has 1 amide bonds. The van der Waals surface area contributed by atoms with Gasteiger partial charge in [-0.2, -0.15) is 0 Å². The molecule has 2 aromatic rings. The van der Waals surface area contributed by atoms with Crippen molar-refractivity contribution in [3.63, 3.8) is 0 Å². The Morgan fingerprint density at radius 2 is 1.84 bits per heavy atom. The van der Waals surface area contributed by atoms with Crippen LogP contribution in [0.3, 0.4) is 0 Å². The molecular formula is C25H34N2O4. The second kappa shape index (κ2) is 11.7. The van der Waals surface area contributed by atoms with Gasteiger partial charge in [0, 0.05) is 25.2 Å². The van der Waals surface area contributed by atoms with Crippen LogP contribution in [0.25, 0.3) is 0 Å². The number of nitrogens with one attached hydrogen (secondary N) is 1. The van der Waals surface area contributed by atoms with E-state index in [1.54, 1.807) is 19.2 Å². The molecule has 1 fully saturated rings. The van der Waals surface area contributed by atoms with Gasteiger partial charge in [0.2, 0.25) is 0 Å². The van der Waals surface area contributed by atoms with Gasteiger partial charge in [0.1, 0.15) is 0 Å².